The van der Waals surface area contributed by atoms with Gasteiger partial charge in [-0.3, -0.25) is 9.78 Å². The molecule has 2 N–H and O–H groups in total. The maximum Gasteiger partial charge on any atom is 0.220 e. The highest BCUT2D eigenvalue weighted by molar-refractivity contribution is 5.85. The van der Waals surface area contributed by atoms with Crippen molar-refractivity contribution in [3.8, 4) is 0 Å². The number of carbonyl (C=O) groups is 1. The molecule has 3 rings (SSSR count). The second-order valence-corrected chi connectivity index (χ2v) is 6.40. The van der Waals surface area contributed by atoms with E-state index in [0.29, 0.717) is 12.3 Å². The van der Waals surface area contributed by atoms with E-state index < -0.39 is 0 Å². The van der Waals surface area contributed by atoms with Crippen molar-refractivity contribution >= 4 is 30.7 Å². The number of aromatic nitrogens is 1. The Morgan fingerprint density at radius 3 is 2.42 bits per heavy atom. The molecule has 6 heteroatoms. The first-order valence-electron chi connectivity index (χ1n) is 8.79. The van der Waals surface area contributed by atoms with E-state index in [2.05, 4.69) is 15.6 Å². The maximum absolute atomic E-state index is 12.5. The third-order valence-corrected chi connectivity index (χ3v) is 4.66. The molecule has 1 aromatic carbocycles. The summed E-state index contributed by atoms with van der Waals surface area (Å²) in [6, 6.07) is 15.7. The van der Waals surface area contributed by atoms with E-state index in [0.717, 1.165) is 30.8 Å². The van der Waals surface area contributed by atoms with Gasteiger partial charge < -0.3 is 10.6 Å². The second kappa shape index (κ2) is 11.9. The molecule has 2 aromatic rings. The quantitative estimate of drug-likeness (QED) is 0.779. The second-order valence-electron chi connectivity index (χ2n) is 6.40. The van der Waals surface area contributed by atoms with Crippen LogP contribution in [-0.4, -0.2) is 24.0 Å². The molecular formula is C20H27Cl2N3O. The van der Waals surface area contributed by atoms with Crippen molar-refractivity contribution in [2.75, 3.05) is 13.1 Å². The van der Waals surface area contributed by atoms with Crippen LogP contribution in [0.1, 0.15) is 43.0 Å². The van der Waals surface area contributed by atoms with E-state index >= 15 is 0 Å². The molecule has 0 bridgehead atoms. The van der Waals surface area contributed by atoms with Crippen LogP contribution in [0, 0.1) is 5.92 Å². The molecule has 0 spiro atoms. The number of hydrogen-bond acceptors (Lipinski definition) is 3. The van der Waals surface area contributed by atoms with Crippen LogP contribution in [0.4, 0.5) is 0 Å². The fourth-order valence-electron chi connectivity index (χ4n) is 3.26. The Morgan fingerprint density at radius 2 is 1.77 bits per heavy atom. The van der Waals surface area contributed by atoms with Crippen LogP contribution in [0.3, 0.4) is 0 Å². The number of benzene rings is 1. The average molecular weight is 396 g/mol. The Labute approximate surface area is 168 Å². The van der Waals surface area contributed by atoms with Gasteiger partial charge in [0.2, 0.25) is 5.91 Å². The summed E-state index contributed by atoms with van der Waals surface area (Å²) in [7, 11) is 0. The van der Waals surface area contributed by atoms with Crippen LogP contribution in [-0.2, 0) is 4.79 Å². The highest BCUT2D eigenvalue weighted by Crippen LogP contribution is 2.21. The standard InChI is InChI=1S/C20H25N3O.2ClH/c24-19(10-9-16-11-14-21-15-12-16)23-20(17-6-2-1-3-7-17)18-8-4-5-13-22-18;;/h1-8,13,16,20-21H,9-12,14-15H2,(H,23,24);2*1H. The van der Waals surface area contributed by atoms with Gasteiger partial charge in [0.15, 0.2) is 0 Å². The molecular weight excluding hydrogens is 369 g/mol. The van der Waals surface area contributed by atoms with Gasteiger partial charge in [0.05, 0.1) is 11.7 Å². The van der Waals surface area contributed by atoms with Crippen molar-refractivity contribution in [2.45, 2.75) is 31.7 Å². The van der Waals surface area contributed by atoms with Crippen molar-refractivity contribution in [3.63, 3.8) is 0 Å². The third-order valence-electron chi connectivity index (χ3n) is 4.66. The lowest BCUT2D eigenvalue weighted by molar-refractivity contribution is -0.122. The molecule has 1 saturated heterocycles. The van der Waals surface area contributed by atoms with Crippen LogP contribution in [0.15, 0.2) is 54.7 Å². The molecule has 1 fully saturated rings. The number of amides is 1. The lowest BCUT2D eigenvalue weighted by Gasteiger charge is -2.23. The number of rotatable bonds is 6. The van der Waals surface area contributed by atoms with E-state index in [1.807, 2.05) is 48.5 Å². The molecule has 142 valence electrons. The normalized spacial score (nSPS) is 15.2. The number of nitrogens with one attached hydrogen (secondary N) is 2. The Bertz CT molecular complexity index is 595. The third kappa shape index (κ3) is 6.60. The van der Waals surface area contributed by atoms with Gasteiger partial charge in [0.1, 0.15) is 0 Å². The lowest BCUT2D eigenvalue weighted by atomic mass is 9.93. The molecule has 1 unspecified atom stereocenters. The number of halogens is 2. The van der Waals surface area contributed by atoms with Gasteiger partial charge in [-0.15, -0.1) is 24.8 Å². The first-order chi connectivity index (χ1) is 11.8. The van der Waals surface area contributed by atoms with E-state index in [-0.39, 0.29) is 36.8 Å². The maximum atomic E-state index is 12.5. The minimum Gasteiger partial charge on any atom is -0.344 e. The van der Waals surface area contributed by atoms with Gasteiger partial charge in [-0.25, -0.2) is 0 Å². The Balaban J connectivity index is 0.00000169. The fraction of sp³-hybridized carbons (Fsp3) is 0.400. The van der Waals surface area contributed by atoms with Gasteiger partial charge in [-0.1, -0.05) is 36.4 Å². The summed E-state index contributed by atoms with van der Waals surface area (Å²) in [5, 5.41) is 6.54. The molecule has 26 heavy (non-hydrogen) atoms. The predicted octanol–water partition coefficient (Wildman–Crippen LogP) is 3.91. The van der Waals surface area contributed by atoms with E-state index in [1.165, 1.54) is 12.8 Å². The monoisotopic (exact) mass is 395 g/mol. The smallest absolute Gasteiger partial charge is 0.220 e. The van der Waals surface area contributed by atoms with Gasteiger partial charge in [0.25, 0.3) is 0 Å². The van der Waals surface area contributed by atoms with E-state index in [4.69, 9.17) is 0 Å². The van der Waals surface area contributed by atoms with Crippen molar-refractivity contribution in [2.24, 2.45) is 5.92 Å². The Morgan fingerprint density at radius 1 is 1.08 bits per heavy atom. The first kappa shape index (κ1) is 22.4. The molecule has 0 radical (unpaired) electrons. The van der Waals surface area contributed by atoms with Crippen LogP contribution < -0.4 is 10.6 Å². The average Bonchev–Trinajstić information content (AvgIpc) is 2.67. The lowest BCUT2D eigenvalue weighted by Crippen LogP contribution is -2.31. The highest BCUT2D eigenvalue weighted by Gasteiger charge is 2.19. The Hall–Kier alpha value is -1.62. The van der Waals surface area contributed by atoms with Crippen LogP contribution in [0.2, 0.25) is 0 Å². The summed E-state index contributed by atoms with van der Waals surface area (Å²) in [4.78, 5) is 16.9. The summed E-state index contributed by atoms with van der Waals surface area (Å²) in [6.45, 7) is 2.15. The zero-order chi connectivity index (χ0) is 16.6. The van der Waals surface area contributed by atoms with Crippen LogP contribution in [0.5, 0.6) is 0 Å². The van der Waals surface area contributed by atoms with Crippen molar-refractivity contribution in [1.82, 2.24) is 15.6 Å². The minimum atomic E-state index is -0.187. The predicted molar refractivity (Wildman–Crippen MR) is 110 cm³/mol. The zero-order valence-electron chi connectivity index (χ0n) is 14.8. The number of hydrogen-bond donors (Lipinski definition) is 2. The van der Waals surface area contributed by atoms with Crippen molar-refractivity contribution in [1.29, 1.82) is 0 Å². The summed E-state index contributed by atoms with van der Waals surface area (Å²) >= 11 is 0. The number of pyridine rings is 1. The topological polar surface area (TPSA) is 54.0 Å². The van der Waals surface area contributed by atoms with E-state index in [1.54, 1.807) is 6.20 Å². The van der Waals surface area contributed by atoms with Gasteiger partial charge in [0, 0.05) is 12.6 Å². The zero-order valence-corrected chi connectivity index (χ0v) is 16.4. The van der Waals surface area contributed by atoms with Gasteiger partial charge in [-0.05, 0) is 56.0 Å². The summed E-state index contributed by atoms with van der Waals surface area (Å²) in [6.07, 6.45) is 5.68. The van der Waals surface area contributed by atoms with Gasteiger partial charge >= 0.3 is 0 Å². The minimum absolute atomic E-state index is 0. The summed E-state index contributed by atoms with van der Waals surface area (Å²) in [5.74, 6) is 0.773. The highest BCUT2D eigenvalue weighted by atomic mass is 35.5. The number of carbonyl (C=O) groups excluding carboxylic acids is 1. The number of piperidine rings is 1. The van der Waals surface area contributed by atoms with Crippen molar-refractivity contribution in [3.05, 3.63) is 66.0 Å². The summed E-state index contributed by atoms with van der Waals surface area (Å²) < 4.78 is 0. The fourth-order valence-corrected chi connectivity index (χ4v) is 3.26. The van der Waals surface area contributed by atoms with Gasteiger partial charge in [-0.2, -0.15) is 0 Å². The molecule has 0 aliphatic carbocycles. The molecule has 4 nitrogen and oxygen atoms in total. The SMILES string of the molecule is Cl.Cl.O=C(CCC1CCNCC1)NC(c1ccccc1)c1ccccn1. The van der Waals surface area contributed by atoms with E-state index in [9.17, 15) is 4.79 Å². The molecule has 1 aliphatic heterocycles. The molecule has 1 amide bonds. The molecule has 1 atom stereocenters. The largest absolute Gasteiger partial charge is 0.344 e. The van der Waals surface area contributed by atoms with Crippen LogP contribution >= 0.6 is 24.8 Å². The molecule has 1 aliphatic rings. The van der Waals surface area contributed by atoms with Crippen LogP contribution in [0.25, 0.3) is 0 Å². The molecule has 1 aromatic heterocycles. The number of nitrogens with zero attached hydrogens (tertiary/aromatic N) is 1. The molecule has 0 saturated carbocycles. The summed E-state index contributed by atoms with van der Waals surface area (Å²) in [5.41, 5.74) is 1.94. The Kier molecular flexibility index (Phi) is 10.3. The van der Waals surface area contributed by atoms with Crippen molar-refractivity contribution < 1.29 is 4.79 Å². The molecule has 2 heterocycles. The first-order valence-corrected chi connectivity index (χ1v) is 8.79.